The standard InChI is InChI=1S/C20H19F2N3O3/c1-2-20(14-7-9-15(21)10-8-14)18(27)25(19(28)24-20)12-17(26)23-11-13-5-3-4-6-16(13)22/h3-10H,2,11-12H2,1H3,(H,23,26)(H,24,28)/t20-/m1/s1. The lowest BCUT2D eigenvalue weighted by Crippen LogP contribution is -2.44. The van der Waals surface area contributed by atoms with Gasteiger partial charge in [-0.3, -0.25) is 14.5 Å². The van der Waals surface area contributed by atoms with E-state index in [0.29, 0.717) is 11.1 Å². The minimum atomic E-state index is -1.35. The molecule has 3 rings (SSSR count). The van der Waals surface area contributed by atoms with Crippen molar-refractivity contribution in [1.82, 2.24) is 15.5 Å². The second-order valence-electron chi connectivity index (χ2n) is 6.46. The van der Waals surface area contributed by atoms with Crippen molar-refractivity contribution in [2.24, 2.45) is 0 Å². The van der Waals surface area contributed by atoms with Gasteiger partial charge >= 0.3 is 6.03 Å². The molecule has 0 saturated carbocycles. The predicted molar refractivity (Wildman–Crippen MR) is 96.9 cm³/mol. The first kappa shape index (κ1) is 19.5. The Hall–Kier alpha value is -3.29. The Labute approximate surface area is 160 Å². The number of imide groups is 1. The summed E-state index contributed by atoms with van der Waals surface area (Å²) >= 11 is 0. The number of carbonyl (C=O) groups is 3. The monoisotopic (exact) mass is 387 g/mol. The Morgan fingerprint density at radius 3 is 2.43 bits per heavy atom. The van der Waals surface area contributed by atoms with Crippen molar-refractivity contribution < 1.29 is 23.2 Å². The summed E-state index contributed by atoms with van der Waals surface area (Å²) in [7, 11) is 0. The molecule has 4 amide bonds. The molecule has 0 radical (unpaired) electrons. The van der Waals surface area contributed by atoms with Crippen molar-refractivity contribution in [3.8, 4) is 0 Å². The van der Waals surface area contributed by atoms with Crippen LogP contribution in [0.3, 0.4) is 0 Å². The smallest absolute Gasteiger partial charge is 0.325 e. The van der Waals surface area contributed by atoms with Crippen molar-refractivity contribution in [1.29, 1.82) is 0 Å². The molecule has 1 aliphatic heterocycles. The van der Waals surface area contributed by atoms with Crippen LogP contribution in [0.1, 0.15) is 24.5 Å². The topological polar surface area (TPSA) is 78.5 Å². The molecular weight excluding hydrogens is 368 g/mol. The average molecular weight is 387 g/mol. The van der Waals surface area contributed by atoms with E-state index >= 15 is 0 Å². The molecule has 0 bridgehead atoms. The Bertz CT molecular complexity index is 917. The van der Waals surface area contributed by atoms with Crippen LogP contribution in [0.15, 0.2) is 48.5 Å². The van der Waals surface area contributed by atoms with Crippen molar-refractivity contribution in [3.05, 3.63) is 71.3 Å². The number of amides is 4. The maximum Gasteiger partial charge on any atom is 0.325 e. The first-order valence-electron chi connectivity index (χ1n) is 8.77. The highest BCUT2D eigenvalue weighted by Crippen LogP contribution is 2.32. The van der Waals surface area contributed by atoms with Gasteiger partial charge in [0.25, 0.3) is 5.91 Å². The highest BCUT2D eigenvalue weighted by molar-refractivity contribution is 6.09. The van der Waals surface area contributed by atoms with Crippen LogP contribution in [0.25, 0.3) is 0 Å². The zero-order valence-electron chi connectivity index (χ0n) is 15.2. The third-order valence-electron chi connectivity index (χ3n) is 4.78. The zero-order valence-corrected chi connectivity index (χ0v) is 15.2. The summed E-state index contributed by atoms with van der Waals surface area (Å²) < 4.78 is 26.8. The highest BCUT2D eigenvalue weighted by Gasteiger charge is 2.51. The van der Waals surface area contributed by atoms with Crippen molar-refractivity contribution in [2.45, 2.75) is 25.4 Å². The van der Waals surface area contributed by atoms with Crippen LogP contribution in [-0.4, -0.2) is 29.3 Å². The molecule has 1 atom stereocenters. The number of carbonyl (C=O) groups excluding carboxylic acids is 3. The Morgan fingerprint density at radius 2 is 1.79 bits per heavy atom. The van der Waals surface area contributed by atoms with Crippen molar-refractivity contribution in [3.63, 3.8) is 0 Å². The molecule has 146 valence electrons. The number of nitrogens with zero attached hydrogens (tertiary/aromatic N) is 1. The van der Waals surface area contributed by atoms with Gasteiger partial charge in [-0.05, 0) is 30.2 Å². The van der Waals surface area contributed by atoms with Crippen LogP contribution in [0.5, 0.6) is 0 Å². The fourth-order valence-electron chi connectivity index (χ4n) is 3.18. The van der Waals surface area contributed by atoms with Gasteiger partial charge in [-0.2, -0.15) is 0 Å². The minimum Gasteiger partial charge on any atom is -0.350 e. The molecule has 2 N–H and O–H groups in total. The fourth-order valence-corrected chi connectivity index (χ4v) is 3.18. The number of urea groups is 1. The number of nitrogens with one attached hydrogen (secondary N) is 2. The average Bonchev–Trinajstić information content (AvgIpc) is 2.93. The van der Waals surface area contributed by atoms with Crippen molar-refractivity contribution >= 4 is 17.8 Å². The molecule has 0 aliphatic carbocycles. The molecular formula is C20H19F2N3O3. The van der Waals surface area contributed by atoms with E-state index in [9.17, 15) is 23.2 Å². The normalized spacial score (nSPS) is 18.9. The summed E-state index contributed by atoms with van der Waals surface area (Å²) in [6, 6.07) is 10.5. The lowest BCUT2D eigenvalue weighted by molar-refractivity contribution is -0.135. The number of rotatable bonds is 6. The summed E-state index contributed by atoms with van der Waals surface area (Å²) in [5, 5.41) is 5.11. The summed E-state index contributed by atoms with van der Waals surface area (Å²) in [4.78, 5) is 38.3. The maximum atomic E-state index is 13.6. The Balaban J connectivity index is 1.71. The molecule has 8 heteroatoms. The first-order chi connectivity index (χ1) is 13.4. The fraction of sp³-hybridized carbons (Fsp3) is 0.250. The van der Waals surface area contributed by atoms with Gasteiger partial charge in [-0.15, -0.1) is 0 Å². The van der Waals surface area contributed by atoms with E-state index in [1.165, 1.54) is 42.5 Å². The van der Waals surface area contributed by atoms with Crippen LogP contribution < -0.4 is 10.6 Å². The van der Waals surface area contributed by atoms with Crippen LogP contribution >= 0.6 is 0 Å². The van der Waals surface area contributed by atoms with Crippen LogP contribution in [-0.2, 0) is 21.7 Å². The van der Waals surface area contributed by atoms with E-state index in [-0.39, 0.29) is 13.0 Å². The van der Waals surface area contributed by atoms with Gasteiger partial charge in [0.05, 0.1) is 0 Å². The Kier molecular flexibility index (Phi) is 5.39. The molecule has 1 aliphatic rings. The molecule has 6 nitrogen and oxygen atoms in total. The third-order valence-corrected chi connectivity index (χ3v) is 4.78. The van der Waals surface area contributed by atoms with E-state index in [1.54, 1.807) is 13.0 Å². The van der Waals surface area contributed by atoms with Gasteiger partial charge in [0.2, 0.25) is 5.91 Å². The lowest BCUT2D eigenvalue weighted by Gasteiger charge is -2.25. The van der Waals surface area contributed by atoms with E-state index in [2.05, 4.69) is 10.6 Å². The molecule has 0 unspecified atom stereocenters. The lowest BCUT2D eigenvalue weighted by atomic mass is 9.87. The van der Waals surface area contributed by atoms with Gasteiger partial charge in [-0.1, -0.05) is 37.3 Å². The number of hydrogen-bond acceptors (Lipinski definition) is 3. The van der Waals surface area contributed by atoms with E-state index < -0.39 is 41.6 Å². The second kappa shape index (κ2) is 7.75. The molecule has 0 spiro atoms. The first-order valence-corrected chi connectivity index (χ1v) is 8.77. The van der Waals surface area contributed by atoms with Gasteiger partial charge in [0.1, 0.15) is 23.7 Å². The summed E-state index contributed by atoms with van der Waals surface area (Å²) in [6.07, 6.45) is 0.233. The second-order valence-corrected chi connectivity index (χ2v) is 6.46. The van der Waals surface area contributed by atoms with Gasteiger partial charge in [0, 0.05) is 12.1 Å². The SMILES string of the molecule is CC[C@]1(c2ccc(F)cc2)NC(=O)N(CC(=O)NCc2ccccc2F)C1=O. The third kappa shape index (κ3) is 3.58. The Morgan fingerprint density at radius 1 is 1.11 bits per heavy atom. The zero-order chi connectivity index (χ0) is 20.3. The van der Waals surface area contributed by atoms with Crippen LogP contribution in [0, 0.1) is 11.6 Å². The molecule has 1 fully saturated rings. The quantitative estimate of drug-likeness (QED) is 0.748. The summed E-state index contributed by atoms with van der Waals surface area (Å²) in [5.41, 5.74) is -0.623. The summed E-state index contributed by atoms with van der Waals surface area (Å²) in [5.74, 6) is -2.11. The molecule has 1 saturated heterocycles. The van der Waals surface area contributed by atoms with Crippen LogP contribution in [0.4, 0.5) is 13.6 Å². The number of benzene rings is 2. The molecule has 28 heavy (non-hydrogen) atoms. The number of hydrogen-bond donors (Lipinski definition) is 2. The minimum absolute atomic E-state index is 0.0635. The molecule has 1 heterocycles. The maximum absolute atomic E-state index is 13.6. The van der Waals surface area contributed by atoms with Crippen molar-refractivity contribution in [2.75, 3.05) is 6.54 Å². The van der Waals surface area contributed by atoms with E-state index in [1.807, 2.05) is 0 Å². The van der Waals surface area contributed by atoms with E-state index in [0.717, 1.165) is 4.90 Å². The van der Waals surface area contributed by atoms with Gasteiger partial charge < -0.3 is 10.6 Å². The summed E-state index contributed by atoms with van der Waals surface area (Å²) in [6.45, 7) is 1.15. The molecule has 0 aromatic heterocycles. The molecule has 2 aromatic rings. The number of halogens is 2. The van der Waals surface area contributed by atoms with E-state index in [4.69, 9.17) is 0 Å². The molecule has 2 aromatic carbocycles. The van der Waals surface area contributed by atoms with Crippen LogP contribution in [0.2, 0.25) is 0 Å². The van der Waals surface area contributed by atoms with Gasteiger partial charge in [0.15, 0.2) is 0 Å². The highest BCUT2D eigenvalue weighted by atomic mass is 19.1. The largest absolute Gasteiger partial charge is 0.350 e. The van der Waals surface area contributed by atoms with Gasteiger partial charge in [-0.25, -0.2) is 13.6 Å². The predicted octanol–water partition coefficient (Wildman–Crippen LogP) is 2.44.